The van der Waals surface area contributed by atoms with Gasteiger partial charge in [-0.2, -0.15) is 0 Å². The van der Waals surface area contributed by atoms with E-state index in [2.05, 4.69) is 5.43 Å². The van der Waals surface area contributed by atoms with Crippen LogP contribution in [0.1, 0.15) is 15.9 Å². The third-order valence-electron chi connectivity index (χ3n) is 3.09. The highest BCUT2D eigenvalue weighted by molar-refractivity contribution is 7.85. The van der Waals surface area contributed by atoms with Crippen molar-refractivity contribution >= 4 is 22.4 Å². The predicted octanol–water partition coefficient (Wildman–Crippen LogP) is 0.485. The summed E-state index contributed by atoms with van der Waals surface area (Å²) in [6.07, 6.45) is 0. The van der Waals surface area contributed by atoms with Gasteiger partial charge in [-0.05, 0) is 30.7 Å². The number of anilines is 1. The molecule has 0 spiro atoms. The third kappa shape index (κ3) is 2.70. The van der Waals surface area contributed by atoms with E-state index in [1.165, 1.54) is 0 Å². The Hall–Kier alpha value is -1.40. The van der Waals surface area contributed by atoms with Gasteiger partial charge in [0, 0.05) is 41.0 Å². The Labute approximate surface area is 109 Å². The van der Waals surface area contributed by atoms with Crippen LogP contribution in [0.5, 0.6) is 0 Å². The maximum absolute atomic E-state index is 12.2. The molecule has 3 N–H and O–H groups in total. The van der Waals surface area contributed by atoms with Crippen LogP contribution in [0.15, 0.2) is 18.2 Å². The van der Waals surface area contributed by atoms with Gasteiger partial charge in [-0.3, -0.25) is 14.8 Å². The van der Waals surface area contributed by atoms with Crippen molar-refractivity contribution < 1.29 is 9.00 Å². The van der Waals surface area contributed by atoms with Gasteiger partial charge in [0.1, 0.15) is 0 Å². The molecule has 6 heteroatoms. The van der Waals surface area contributed by atoms with Crippen molar-refractivity contribution in [1.82, 2.24) is 4.90 Å². The van der Waals surface area contributed by atoms with Gasteiger partial charge < -0.3 is 10.3 Å². The molecule has 5 nitrogen and oxygen atoms in total. The SMILES string of the molecule is Cc1cc(C(=O)N2CCS(=O)CC2)ccc1NN. The molecule has 2 rings (SSSR count). The van der Waals surface area contributed by atoms with Crippen molar-refractivity contribution in [3.63, 3.8) is 0 Å². The highest BCUT2D eigenvalue weighted by Crippen LogP contribution is 2.17. The smallest absolute Gasteiger partial charge is 0.253 e. The van der Waals surface area contributed by atoms with Crippen LogP contribution in [0, 0.1) is 6.92 Å². The van der Waals surface area contributed by atoms with Gasteiger partial charge >= 0.3 is 0 Å². The average Bonchev–Trinajstić information content (AvgIpc) is 2.38. The predicted molar refractivity (Wildman–Crippen MR) is 72.8 cm³/mol. The van der Waals surface area contributed by atoms with Crippen LogP contribution in [0.3, 0.4) is 0 Å². The minimum Gasteiger partial charge on any atom is -0.337 e. The van der Waals surface area contributed by atoms with Gasteiger partial charge in [0.15, 0.2) is 0 Å². The molecule has 0 saturated carbocycles. The van der Waals surface area contributed by atoms with Crippen molar-refractivity contribution in [3.8, 4) is 0 Å². The highest BCUT2D eigenvalue weighted by atomic mass is 32.2. The van der Waals surface area contributed by atoms with Crippen molar-refractivity contribution in [2.45, 2.75) is 6.92 Å². The van der Waals surface area contributed by atoms with Crippen LogP contribution >= 0.6 is 0 Å². The zero-order valence-electron chi connectivity index (χ0n) is 10.3. The summed E-state index contributed by atoms with van der Waals surface area (Å²) < 4.78 is 11.3. The summed E-state index contributed by atoms with van der Waals surface area (Å²) in [6, 6.07) is 5.38. The lowest BCUT2D eigenvalue weighted by Gasteiger charge is -2.26. The molecular formula is C12H17N3O2S. The molecule has 1 aromatic rings. The molecule has 0 bridgehead atoms. The number of carbonyl (C=O) groups is 1. The highest BCUT2D eigenvalue weighted by Gasteiger charge is 2.21. The van der Waals surface area contributed by atoms with E-state index in [9.17, 15) is 9.00 Å². The molecule has 1 aromatic carbocycles. The summed E-state index contributed by atoms with van der Waals surface area (Å²) >= 11 is 0. The molecule has 1 aliphatic rings. The molecule has 1 heterocycles. The summed E-state index contributed by atoms with van der Waals surface area (Å²) in [5.74, 6) is 6.51. The number of nitrogens with one attached hydrogen (secondary N) is 1. The van der Waals surface area contributed by atoms with E-state index in [0.29, 0.717) is 30.2 Å². The Kier molecular flexibility index (Phi) is 3.98. The Morgan fingerprint density at radius 1 is 1.39 bits per heavy atom. The lowest BCUT2D eigenvalue weighted by atomic mass is 10.1. The van der Waals surface area contributed by atoms with E-state index in [0.717, 1.165) is 11.3 Å². The van der Waals surface area contributed by atoms with Gasteiger partial charge in [-0.15, -0.1) is 0 Å². The number of carbonyl (C=O) groups excluding carboxylic acids is 1. The van der Waals surface area contributed by atoms with Gasteiger partial charge in [0.05, 0.1) is 5.69 Å². The summed E-state index contributed by atoms with van der Waals surface area (Å²) in [5.41, 5.74) is 4.98. The zero-order valence-corrected chi connectivity index (χ0v) is 11.1. The number of nitrogen functional groups attached to an aromatic ring is 1. The van der Waals surface area contributed by atoms with Gasteiger partial charge in [0.2, 0.25) is 0 Å². The number of nitrogens with zero attached hydrogens (tertiary/aromatic N) is 1. The summed E-state index contributed by atoms with van der Waals surface area (Å²) in [7, 11) is -0.764. The Morgan fingerprint density at radius 3 is 2.61 bits per heavy atom. The number of nitrogens with two attached hydrogens (primary N) is 1. The minimum absolute atomic E-state index is 0.00151. The normalized spacial score (nSPS) is 16.7. The fraction of sp³-hybridized carbons (Fsp3) is 0.417. The standard InChI is InChI=1S/C12H17N3O2S/c1-9-8-10(2-3-11(9)14-13)12(16)15-4-6-18(17)7-5-15/h2-3,8,14H,4-7,13H2,1H3. The molecule has 1 aliphatic heterocycles. The summed E-state index contributed by atoms with van der Waals surface area (Å²) in [5, 5.41) is 0. The van der Waals surface area contributed by atoms with Crippen LogP contribution < -0.4 is 11.3 Å². The Bertz CT molecular complexity index is 480. The minimum atomic E-state index is -0.764. The van der Waals surface area contributed by atoms with Crippen LogP contribution in [0.25, 0.3) is 0 Å². The first kappa shape index (κ1) is 13.0. The van der Waals surface area contributed by atoms with E-state index in [-0.39, 0.29) is 5.91 Å². The van der Waals surface area contributed by atoms with Crippen molar-refractivity contribution in [2.24, 2.45) is 5.84 Å². The quantitative estimate of drug-likeness (QED) is 0.604. The molecule has 98 valence electrons. The van der Waals surface area contributed by atoms with E-state index in [4.69, 9.17) is 5.84 Å². The van der Waals surface area contributed by atoms with E-state index in [1.54, 1.807) is 17.0 Å². The second-order valence-electron chi connectivity index (χ2n) is 4.31. The van der Waals surface area contributed by atoms with Crippen LogP contribution in [-0.4, -0.2) is 39.6 Å². The Balaban J connectivity index is 2.13. The number of hydrogen-bond acceptors (Lipinski definition) is 4. The fourth-order valence-corrected chi connectivity index (χ4v) is 3.03. The first-order chi connectivity index (χ1) is 8.61. The monoisotopic (exact) mass is 267 g/mol. The molecule has 1 saturated heterocycles. The van der Waals surface area contributed by atoms with Gasteiger partial charge in [0.25, 0.3) is 5.91 Å². The van der Waals surface area contributed by atoms with Crippen LogP contribution in [0.4, 0.5) is 5.69 Å². The largest absolute Gasteiger partial charge is 0.337 e. The van der Waals surface area contributed by atoms with Crippen LogP contribution in [-0.2, 0) is 10.8 Å². The van der Waals surface area contributed by atoms with Crippen LogP contribution in [0.2, 0.25) is 0 Å². The number of benzene rings is 1. The number of amides is 1. The number of hydrazine groups is 1. The number of aryl methyl sites for hydroxylation is 1. The zero-order chi connectivity index (χ0) is 13.1. The van der Waals surface area contributed by atoms with E-state index < -0.39 is 10.8 Å². The molecule has 18 heavy (non-hydrogen) atoms. The van der Waals surface area contributed by atoms with Gasteiger partial charge in [-0.25, -0.2) is 0 Å². The van der Waals surface area contributed by atoms with Gasteiger partial charge in [-0.1, -0.05) is 0 Å². The summed E-state index contributed by atoms with van der Waals surface area (Å²) in [4.78, 5) is 14.0. The lowest BCUT2D eigenvalue weighted by molar-refractivity contribution is 0.0771. The molecule has 0 radical (unpaired) electrons. The maximum Gasteiger partial charge on any atom is 0.253 e. The molecule has 0 aliphatic carbocycles. The number of rotatable bonds is 2. The number of hydrogen-bond donors (Lipinski definition) is 2. The third-order valence-corrected chi connectivity index (χ3v) is 4.37. The van der Waals surface area contributed by atoms with E-state index in [1.807, 2.05) is 13.0 Å². The molecule has 1 fully saturated rings. The molecule has 0 atom stereocenters. The second-order valence-corrected chi connectivity index (χ2v) is 6.01. The topological polar surface area (TPSA) is 75.4 Å². The first-order valence-electron chi connectivity index (χ1n) is 5.83. The Morgan fingerprint density at radius 2 is 2.06 bits per heavy atom. The maximum atomic E-state index is 12.2. The second kappa shape index (κ2) is 5.49. The lowest BCUT2D eigenvalue weighted by Crippen LogP contribution is -2.41. The average molecular weight is 267 g/mol. The van der Waals surface area contributed by atoms with Crippen molar-refractivity contribution in [1.29, 1.82) is 0 Å². The first-order valence-corrected chi connectivity index (χ1v) is 7.32. The summed E-state index contributed by atoms with van der Waals surface area (Å²) in [6.45, 7) is 3.04. The molecular weight excluding hydrogens is 250 g/mol. The van der Waals surface area contributed by atoms with E-state index >= 15 is 0 Å². The molecule has 0 aromatic heterocycles. The fourth-order valence-electron chi connectivity index (χ4n) is 1.98. The van der Waals surface area contributed by atoms with Crippen molar-refractivity contribution in [3.05, 3.63) is 29.3 Å². The molecule has 1 amide bonds. The molecule has 0 unspecified atom stereocenters. The van der Waals surface area contributed by atoms with Crippen molar-refractivity contribution in [2.75, 3.05) is 30.0 Å².